The zero-order valence-electron chi connectivity index (χ0n) is 21.5. The van der Waals surface area contributed by atoms with Gasteiger partial charge in [-0.05, 0) is 81.4 Å². The van der Waals surface area contributed by atoms with Gasteiger partial charge in [0.1, 0.15) is 16.5 Å². The quantitative estimate of drug-likeness (QED) is 0.274. The Morgan fingerprint density at radius 2 is 1.54 bits per heavy atom. The van der Waals surface area contributed by atoms with E-state index >= 15 is 0 Å². The van der Waals surface area contributed by atoms with E-state index in [1.54, 1.807) is 74.5 Å². The standard InChI is InChI=1S/C29H26ClN3O6/c1-4-38-23-13-11-22(12-14-23)33-27(35)24(30)25(28(33)36)31-20-9-5-7-18(15-20)26(34)32-21-10-6-8-19(16-21)29(37)39-17(2)3/h5-17,31H,4H2,1-3H3,(H,32,34). The molecule has 0 atom stereocenters. The van der Waals surface area contributed by atoms with Crippen LogP contribution in [0.3, 0.4) is 0 Å². The number of halogens is 1. The predicted octanol–water partition coefficient (Wildman–Crippen LogP) is 5.34. The minimum Gasteiger partial charge on any atom is -0.494 e. The first-order valence-electron chi connectivity index (χ1n) is 12.2. The molecule has 200 valence electrons. The van der Waals surface area contributed by atoms with Gasteiger partial charge in [-0.2, -0.15) is 0 Å². The normalized spacial score (nSPS) is 13.1. The first-order chi connectivity index (χ1) is 18.7. The number of carbonyl (C=O) groups excluding carboxylic acids is 4. The Morgan fingerprint density at radius 1 is 0.897 bits per heavy atom. The number of esters is 1. The molecule has 0 spiro atoms. The molecule has 39 heavy (non-hydrogen) atoms. The summed E-state index contributed by atoms with van der Waals surface area (Å²) in [4.78, 5) is 52.0. The van der Waals surface area contributed by atoms with Gasteiger partial charge in [0.15, 0.2) is 0 Å². The van der Waals surface area contributed by atoms with Crippen molar-refractivity contribution in [2.45, 2.75) is 26.9 Å². The Labute approximate surface area is 230 Å². The molecule has 0 aromatic heterocycles. The fourth-order valence-electron chi connectivity index (χ4n) is 3.80. The summed E-state index contributed by atoms with van der Waals surface area (Å²) in [6.45, 7) is 5.84. The van der Waals surface area contributed by atoms with Crippen LogP contribution in [0.5, 0.6) is 5.75 Å². The molecule has 0 saturated carbocycles. The van der Waals surface area contributed by atoms with E-state index in [9.17, 15) is 19.2 Å². The Bertz CT molecular complexity index is 1470. The summed E-state index contributed by atoms with van der Waals surface area (Å²) < 4.78 is 10.6. The number of ether oxygens (including phenoxy) is 2. The highest BCUT2D eigenvalue weighted by Gasteiger charge is 2.39. The SMILES string of the molecule is CCOc1ccc(N2C(=O)C(Cl)=C(Nc3cccc(C(=O)Nc4cccc(C(=O)OC(C)C)c4)c3)C2=O)cc1. The minimum absolute atomic E-state index is 0.107. The lowest BCUT2D eigenvalue weighted by Gasteiger charge is -2.16. The van der Waals surface area contributed by atoms with Crippen molar-refractivity contribution in [1.29, 1.82) is 0 Å². The molecule has 9 nitrogen and oxygen atoms in total. The maximum absolute atomic E-state index is 13.1. The number of anilines is 3. The minimum atomic E-state index is -0.668. The Balaban J connectivity index is 1.48. The van der Waals surface area contributed by atoms with Gasteiger partial charge in [0.2, 0.25) is 0 Å². The zero-order chi connectivity index (χ0) is 28.1. The van der Waals surface area contributed by atoms with E-state index in [-0.39, 0.29) is 22.4 Å². The van der Waals surface area contributed by atoms with Gasteiger partial charge in [-0.25, -0.2) is 9.69 Å². The van der Waals surface area contributed by atoms with E-state index in [0.717, 1.165) is 4.90 Å². The fraction of sp³-hybridized carbons (Fsp3) is 0.172. The molecular formula is C29H26ClN3O6. The summed E-state index contributed by atoms with van der Waals surface area (Å²) >= 11 is 6.24. The number of hydrogen-bond acceptors (Lipinski definition) is 7. The van der Waals surface area contributed by atoms with Crippen LogP contribution in [0.25, 0.3) is 0 Å². The van der Waals surface area contributed by atoms with Crippen molar-refractivity contribution < 1.29 is 28.7 Å². The number of hydrogen-bond donors (Lipinski definition) is 2. The van der Waals surface area contributed by atoms with E-state index < -0.39 is 23.7 Å². The van der Waals surface area contributed by atoms with Crippen molar-refractivity contribution in [3.8, 4) is 5.75 Å². The molecule has 0 saturated heterocycles. The predicted molar refractivity (Wildman–Crippen MR) is 148 cm³/mol. The van der Waals surface area contributed by atoms with Crippen LogP contribution >= 0.6 is 11.6 Å². The molecule has 1 aliphatic heterocycles. The summed E-state index contributed by atoms with van der Waals surface area (Å²) in [5.74, 6) is -1.63. The van der Waals surface area contributed by atoms with E-state index in [1.165, 1.54) is 12.1 Å². The first-order valence-corrected chi connectivity index (χ1v) is 12.6. The first kappa shape index (κ1) is 27.4. The van der Waals surface area contributed by atoms with Crippen molar-refractivity contribution in [3.63, 3.8) is 0 Å². The van der Waals surface area contributed by atoms with Gasteiger partial charge in [0.05, 0.1) is 24.0 Å². The maximum Gasteiger partial charge on any atom is 0.338 e. The maximum atomic E-state index is 13.1. The van der Waals surface area contributed by atoms with Crippen LogP contribution in [0.1, 0.15) is 41.5 Å². The number of nitrogens with one attached hydrogen (secondary N) is 2. The van der Waals surface area contributed by atoms with Gasteiger partial charge in [0.25, 0.3) is 17.7 Å². The van der Waals surface area contributed by atoms with Gasteiger partial charge in [-0.3, -0.25) is 14.4 Å². The number of benzene rings is 3. The summed E-state index contributed by atoms with van der Waals surface area (Å²) in [7, 11) is 0. The second-order valence-electron chi connectivity index (χ2n) is 8.76. The summed E-state index contributed by atoms with van der Waals surface area (Å²) in [5, 5.41) is 5.35. The van der Waals surface area contributed by atoms with Crippen LogP contribution in [0, 0.1) is 0 Å². The molecule has 10 heteroatoms. The van der Waals surface area contributed by atoms with Crippen LogP contribution in [-0.4, -0.2) is 36.4 Å². The topological polar surface area (TPSA) is 114 Å². The molecule has 3 aromatic rings. The molecule has 3 amide bonds. The lowest BCUT2D eigenvalue weighted by Crippen LogP contribution is -2.32. The second-order valence-corrected chi connectivity index (χ2v) is 9.13. The summed E-state index contributed by atoms with van der Waals surface area (Å²) in [6.07, 6.45) is -0.273. The molecule has 4 rings (SSSR count). The molecular weight excluding hydrogens is 522 g/mol. The lowest BCUT2D eigenvalue weighted by molar-refractivity contribution is -0.120. The Kier molecular flexibility index (Phi) is 8.31. The summed E-state index contributed by atoms with van der Waals surface area (Å²) in [6, 6.07) is 19.3. The Hall–Kier alpha value is -4.63. The third kappa shape index (κ3) is 6.27. The number of imide groups is 1. The van der Waals surface area contributed by atoms with Crippen LogP contribution in [0.4, 0.5) is 17.1 Å². The smallest absolute Gasteiger partial charge is 0.338 e. The molecule has 0 unspecified atom stereocenters. The van der Waals surface area contributed by atoms with Crippen LogP contribution < -0.4 is 20.3 Å². The van der Waals surface area contributed by atoms with Crippen LogP contribution in [-0.2, 0) is 14.3 Å². The third-order valence-electron chi connectivity index (χ3n) is 5.53. The van der Waals surface area contributed by atoms with E-state index in [2.05, 4.69) is 10.6 Å². The van der Waals surface area contributed by atoms with Crippen molar-refractivity contribution in [2.24, 2.45) is 0 Å². The number of rotatable bonds is 9. The van der Waals surface area contributed by atoms with Crippen LogP contribution in [0.15, 0.2) is 83.5 Å². The highest BCUT2D eigenvalue weighted by Crippen LogP contribution is 2.31. The van der Waals surface area contributed by atoms with Gasteiger partial charge in [-0.15, -0.1) is 0 Å². The monoisotopic (exact) mass is 547 g/mol. The summed E-state index contributed by atoms with van der Waals surface area (Å²) in [5.41, 5.74) is 1.59. The average molecular weight is 548 g/mol. The van der Waals surface area contributed by atoms with Gasteiger partial charge < -0.3 is 20.1 Å². The Morgan fingerprint density at radius 3 is 2.21 bits per heavy atom. The number of amides is 3. The molecule has 1 aliphatic rings. The highest BCUT2D eigenvalue weighted by atomic mass is 35.5. The van der Waals surface area contributed by atoms with Gasteiger partial charge in [0, 0.05) is 16.9 Å². The van der Waals surface area contributed by atoms with Crippen molar-refractivity contribution in [3.05, 3.63) is 94.7 Å². The van der Waals surface area contributed by atoms with Crippen molar-refractivity contribution >= 4 is 52.4 Å². The zero-order valence-corrected chi connectivity index (χ0v) is 22.2. The number of carbonyl (C=O) groups is 4. The highest BCUT2D eigenvalue weighted by molar-refractivity contribution is 6.53. The van der Waals surface area contributed by atoms with E-state index in [1.807, 2.05) is 6.92 Å². The average Bonchev–Trinajstić information content (AvgIpc) is 3.12. The third-order valence-corrected chi connectivity index (χ3v) is 5.88. The molecule has 0 aliphatic carbocycles. The van der Waals surface area contributed by atoms with Crippen molar-refractivity contribution in [1.82, 2.24) is 0 Å². The molecule has 2 N–H and O–H groups in total. The van der Waals surface area contributed by atoms with Gasteiger partial charge >= 0.3 is 5.97 Å². The molecule has 0 radical (unpaired) electrons. The van der Waals surface area contributed by atoms with Crippen LogP contribution in [0.2, 0.25) is 0 Å². The fourth-order valence-corrected chi connectivity index (χ4v) is 4.01. The molecule has 1 heterocycles. The number of nitrogens with zero attached hydrogens (tertiary/aromatic N) is 1. The lowest BCUT2D eigenvalue weighted by atomic mass is 10.1. The molecule has 0 fully saturated rings. The molecule has 3 aromatic carbocycles. The largest absolute Gasteiger partial charge is 0.494 e. The van der Waals surface area contributed by atoms with Crippen molar-refractivity contribution in [2.75, 3.05) is 22.1 Å². The second kappa shape index (κ2) is 11.8. The van der Waals surface area contributed by atoms with E-state index in [0.29, 0.717) is 35.0 Å². The molecule has 0 bridgehead atoms. The van der Waals surface area contributed by atoms with E-state index in [4.69, 9.17) is 21.1 Å². The van der Waals surface area contributed by atoms with Gasteiger partial charge in [-0.1, -0.05) is 23.7 Å².